The predicted octanol–water partition coefficient (Wildman–Crippen LogP) is 5.21. The van der Waals surface area contributed by atoms with Crippen molar-refractivity contribution in [3.63, 3.8) is 0 Å². The molecule has 4 aliphatic rings. The fourth-order valence-corrected chi connectivity index (χ4v) is 8.70. The number of rotatable bonds is 3. The van der Waals surface area contributed by atoms with E-state index in [0.29, 0.717) is 22.8 Å². The number of hydrazone groups is 1. The number of nitrogens with one attached hydrogen (secondary N) is 1. The number of carbonyl (C=O) groups is 1. The van der Waals surface area contributed by atoms with Gasteiger partial charge in [-0.15, -0.1) is 0 Å². The summed E-state index contributed by atoms with van der Waals surface area (Å²) in [6.07, 6.45) is 14.1. The van der Waals surface area contributed by atoms with E-state index in [0.717, 1.165) is 36.3 Å². The Kier molecular flexibility index (Phi) is 5.68. The molecule has 0 saturated heterocycles. The number of carbonyl (C=O) groups excluding carboxylic acids is 1. The van der Waals surface area contributed by atoms with Gasteiger partial charge in [0.25, 0.3) is 5.91 Å². The van der Waals surface area contributed by atoms with Crippen LogP contribution in [0.5, 0.6) is 0 Å². The summed E-state index contributed by atoms with van der Waals surface area (Å²) in [5, 5.41) is 14.8. The first-order chi connectivity index (χ1) is 15.3. The average molecular weight is 438 g/mol. The van der Waals surface area contributed by atoms with Crippen LogP contribution in [0.15, 0.2) is 29.6 Å². The van der Waals surface area contributed by atoms with Gasteiger partial charge in [-0.2, -0.15) is 5.10 Å². The lowest BCUT2D eigenvalue weighted by atomic mass is 9.44. The van der Waals surface area contributed by atoms with E-state index in [4.69, 9.17) is 0 Å². The second-order valence-corrected chi connectivity index (χ2v) is 11.7. The number of nitrogens with zero attached hydrogens (tertiary/aromatic N) is 2. The van der Waals surface area contributed by atoms with E-state index in [1.54, 1.807) is 24.5 Å². The van der Waals surface area contributed by atoms with Gasteiger partial charge in [0.2, 0.25) is 0 Å². The maximum absolute atomic E-state index is 12.4. The highest BCUT2D eigenvalue weighted by Gasteiger charge is 2.60. The summed E-state index contributed by atoms with van der Waals surface area (Å²) >= 11 is 0. The lowest BCUT2D eigenvalue weighted by Gasteiger charge is -2.61. The zero-order valence-electron chi connectivity index (χ0n) is 19.9. The SMILES string of the molecule is CC(=NNC(=O)c1cccnc1)C1CCC2C3CCC4CC(O)CCC4(C)C3CCC12C. The zero-order valence-corrected chi connectivity index (χ0v) is 19.9. The number of amides is 1. The molecule has 32 heavy (non-hydrogen) atoms. The molecule has 1 heterocycles. The second kappa shape index (κ2) is 8.23. The molecule has 174 valence electrons. The summed E-state index contributed by atoms with van der Waals surface area (Å²) in [4.78, 5) is 16.5. The summed E-state index contributed by atoms with van der Waals surface area (Å²) < 4.78 is 0. The number of fused-ring (bicyclic) bond motifs is 5. The lowest BCUT2D eigenvalue weighted by Crippen LogP contribution is -2.54. The van der Waals surface area contributed by atoms with Crippen LogP contribution >= 0.6 is 0 Å². The Morgan fingerprint density at radius 3 is 2.66 bits per heavy atom. The van der Waals surface area contributed by atoms with Crippen molar-refractivity contribution in [2.45, 2.75) is 84.7 Å². The van der Waals surface area contributed by atoms with E-state index < -0.39 is 0 Å². The molecule has 4 saturated carbocycles. The normalized spacial score (nSPS) is 43.7. The molecule has 4 fully saturated rings. The highest BCUT2D eigenvalue weighted by molar-refractivity contribution is 5.95. The number of hydrogen-bond acceptors (Lipinski definition) is 4. The standard InChI is InChI=1S/C27H39N3O2/c1-17(29-30-25(32)18-5-4-14-28-16-18)22-8-9-23-21-7-6-19-15-20(31)10-12-26(19,2)24(21)11-13-27(22,23)3/h4-5,14,16,19-24,31H,6-13,15H2,1-3H3,(H,30,32). The van der Waals surface area contributed by atoms with Gasteiger partial charge >= 0.3 is 0 Å². The molecule has 8 atom stereocenters. The quantitative estimate of drug-likeness (QED) is 0.504. The molecule has 1 aromatic rings. The first-order valence-corrected chi connectivity index (χ1v) is 12.8. The van der Waals surface area contributed by atoms with E-state index in [2.05, 4.69) is 36.3 Å². The Labute approximate surface area is 192 Å². The van der Waals surface area contributed by atoms with Gasteiger partial charge in [0, 0.05) is 24.0 Å². The minimum atomic E-state index is -0.188. The van der Waals surface area contributed by atoms with Crippen molar-refractivity contribution in [3.8, 4) is 0 Å². The number of aromatic nitrogens is 1. The van der Waals surface area contributed by atoms with Crippen LogP contribution in [0.4, 0.5) is 0 Å². The fourth-order valence-electron chi connectivity index (χ4n) is 8.70. The van der Waals surface area contributed by atoms with Crippen LogP contribution < -0.4 is 5.43 Å². The molecular weight excluding hydrogens is 398 g/mol. The summed E-state index contributed by atoms with van der Waals surface area (Å²) in [7, 11) is 0. The molecule has 0 aromatic carbocycles. The van der Waals surface area contributed by atoms with Gasteiger partial charge in [0.05, 0.1) is 11.7 Å². The molecule has 4 aliphatic carbocycles. The van der Waals surface area contributed by atoms with Gasteiger partial charge in [-0.1, -0.05) is 13.8 Å². The second-order valence-electron chi connectivity index (χ2n) is 11.7. The third-order valence-electron chi connectivity index (χ3n) is 10.4. The topological polar surface area (TPSA) is 74.6 Å². The van der Waals surface area contributed by atoms with Crippen LogP contribution in [0.25, 0.3) is 0 Å². The van der Waals surface area contributed by atoms with Crippen LogP contribution in [-0.4, -0.2) is 27.8 Å². The lowest BCUT2D eigenvalue weighted by molar-refractivity contribution is -0.123. The van der Waals surface area contributed by atoms with Crippen molar-refractivity contribution in [3.05, 3.63) is 30.1 Å². The van der Waals surface area contributed by atoms with E-state index in [-0.39, 0.29) is 17.4 Å². The van der Waals surface area contributed by atoms with Gasteiger partial charge in [-0.05, 0) is 111 Å². The summed E-state index contributed by atoms with van der Waals surface area (Å²) in [5.41, 5.74) is 5.10. The molecular formula is C27H39N3O2. The molecule has 0 radical (unpaired) electrons. The minimum absolute atomic E-state index is 0.0740. The molecule has 5 heteroatoms. The van der Waals surface area contributed by atoms with Crippen molar-refractivity contribution in [1.82, 2.24) is 10.4 Å². The third-order valence-corrected chi connectivity index (χ3v) is 10.4. The van der Waals surface area contributed by atoms with Crippen LogP contribution in [-0.2, 0) is 0 Å². The number of aliphatic hydroxyl groups excluding tert-OH is 1. The Morgan fingerprint density at radius 2 is 1.88 bits per heavy atom. The molecule has 0 aliphatic heterocycles. The smallest absolute Gasteiger partial charge is 0.272 e. The minimum Gasteiger partial charge on any atom is -0.393 e. The molecule has 5 nitrogen and oxygen atoms in total. The monoisotopic (exact) mass is 437 g/mol. The van der Waals surface area contributed by atoms with Crippen LogP contribution in [0.3, 0.4) is 0 Å². The van der Waals surface area contributed by atoms with Crippen molar-refractivity contribution >= 4 is 11.6 Å². The van der Waals surface area contributed by atoms with E-state index in [1.165, 1.54) is 44.9 Å². The largest absolute Gasteiger partial charge is 0.393 e. The summed E-state index contributed by atoms with van der Waals surface area (Å²) in [5.74, 6) is 3.35. The maximum Gasteiger partial charge on any atom is 0.272 e. The molecule has 2 N–H and O–H groups in total. The Bertz CT molecular complexity index is 886. The Balaban J connectivity index is 1.31. The third kappa shape index (κ3) is 3.52. The Morgan fingerprint density at radius 1 is 1.09 bits per heavy atom. The van der Waals surface area contributed by atoms with E-state index in [1.807, 2.05) is 0 Å². The molecule has 0 bridgehead atoms. The van der Waals surface area contributed by atoms with Gasteiger partial charge in [0.15, 0.2) is 0 Å². The first kappa shape index (κ1) is 22.1. The molecule has 5 rings (SSSR count). The Hall–Kier alpha value is -1.75. The molecule has 1 aromatic heterocycles. The zero-order chi connectivity index (χ0) is 22.5. The highest BCUT2D eigenvalue weighted by Crippen LogP contribution is 2.67. The first-order valence-electron chi connectivity index (χ1n) is 12.8. The van der Waals surface area contributed by atoms with E-state index in [9.17, 15) is 9.90 Å². The van der Waals surface area contributed by atoms with E-state index >= 15 is 0 Å². The fraction of sp³-hybridized carbons (Fsp3) is 0.741. The van der Waals surface area contributed by atoms with Crippen molar-refractivity contribution in [1.29, 1.82) is 0 Å². The molecule has 1 amide bonds. The van der Waals surface area contributed by atoms with Crippen LogP contribution in [0.1, 0.15) is 88.9 Å². The highest BCUT2D eigenvalue weighted by atomic mass is 16.3. The maximum atomic E-state index is 12.4. The number of aliphatic hydroxyl groups is 1. The van der Waals surface area contributed by atoms with Gasteiger partial charge in [-0.3, -0.25) is 9.78 Å². The average Bonchev–Trinajstić information content (AvgIpc) is 3.15. The summed E-state index contributed by atoms with van der Waals surface area (Å²) in [6, 6.07) is 3.54. The van der Waals surface area contributed by atoms with Gasteiger partial charge in [0.1, 0.15) is 0 Å². The van der Waals surface area contributed by atoms with Crippen molar-refractivity contribution in [2.24, 2.45) is 45.5 Å². The van der Waals surface area contributed by atoms with Crippen LogP contribution in [0.2, 0.25) is 0 Å². The summed E-state index contributed by atoms with van der Waals surface area (Å²) in [6.45, 7) is 7.16. The number of pyridine rings is 1. The molecule has 0 spiro atoms. The van der Waals surface area contributed by atoms with Crippen LogP contribution in [0, 0.1) is 40.4 Å². The van der Waals surface area contributed by atoms with Crippen molar-refractivity contribution < 1.29 is 9.90 Å². The predicted molar refractivity (Wildman–Crippen MR) is 126 cm³/mol. The van der Waals surface area contributed by atoms with Gasteiger partial charge in [-0.25, -0.2) is 5.43 Å². The van der Waals surface area contributed by atoms with Crippen molar-refractivity contribution in [2.75, 3.05) is 0 Å². The van der Waals surface area contributed by atoms with Gasteiger partial charge < -0.3 is 5.11 Å². The molecule has 8 unspecified atom stereocenters. The number of hydrogen-bond donors (Lipinski definition) is 2.